The van der Waals surface area contributed by atoms with Crippen LogP contribution in [0.15, 0.2) is 59.2 Å². The molecule has 0 amide bonds. The molecule has 3 rings (SSSR count). The van der Waals surface area contributed by atoms with Crippen LogP contribution in [-0.4, -0.2) is 9.78 Å². The summed E-state index contributed by atoms with van der Waals surface area (Å²) in [4.78, 5) is 0. The lowest BCUT2D eigenvalue weighted by Gasteiger charge is -2.03. The summed E-state index contributed by atoms with van der Waals surface area (Å²) in [6.07, 6.45) is 1.72. The molecule has 3 aromatic rings. The van der Waals surface area contributed by atoms with Crippen LogP contribution < -0.4 is 5.73 Å². The summed E-state index contributed by atoms with van der Waals surface area (Å²) < 4.78 is 15.9. The van der Waals surface area contributed by atoms with Gasteiger partial charge >= 0.3 is 0 Å². The van der Waals surface area contributed by atoms with Crippen molar-refractivity contribution in [2.75, 3.05) is 5.73 Å². The maximum absolute atomic E-state index is 13.3. The number of nitrogens with two attached hydrogens (primary N) is 1. The molecule has 20 heavy (non-hydrogen) atoms. The summed E-state index contributed by atoms with van der Waals surface area (Å²) in [5.41, 5.74) is 8.60. The minimum absolute atomic E-state index is 0.308. The summed E-state index contributed by atoms with van der Waals surface area (Å²) in [7, 11) is 0. The molecule has 0 bridgehead atoms. The number of rotatable bonds is 2. The van der Waals surface area contributed by atoms with Crippen molar-refractivity contribution in [2.45, 2.75) is 0 Å². The molecule has 1 heterocycles. The van der Waals surface area contributed by atoms with E-state index < -0.39 is 0 Å². The van der Waals surface area contributed by atoms with Gasteiger partial charge in [-0.1, -0.05) is 24.3 Å². The summed E-state index contributed by atoms with van der Waals surface area (Å²) >= 11 is 3.47. The zero-order valence-electron chi connectivity index (χ0n) is 10.4. The highest BCUT2D eigenvalue weighted by Gasteiger charge is 2.11. The van der Waals surface area contributed by atoms with E-state index in [-0.39, 0.29) is 5.82 Å². The van der Waals surface area contributed by atoms with E-state index in [0.717, 1.165) is 10.2 Å². The average molecular weight is 332 g/mol. The Morgan fingerprint density at radius 3 is 2.65 bits per heavy atom. The van der Waals surface area contributed by atoms with Gasteiger partial charge in [-0.25, -0.2) is 9.07 Å². The first kappa shape index (κ1) is 12.9. The smallest absolute Gasteiger partial charge is 0.123 e. The monoisotopic (exact) mass is 331 g/mol. The van der Waals surface area contributed by atoms with E-state index in [0.29, 0.717) is 16.9 Å². The van der Waals surface area contributed by atoms with Crippen molar-refractivity contribution in [1.82, 2.24) is 9.78 Å². The van der Waals surface area contributed by atoms with E-state index in [1.165, 1.54) is 12.1 Å². The van der Waals surface area contributed by atoms with Crippen LogP contribution in [0, 0.1) is 5.82 Å². The minimum atomic E-state index is -0.308. The lowest BCUT2D eigenvalue weighted by Crippen LogP contribution is -1.95. The Morgan fingerprint density at radius 1 is 1.10 bits per heavy atom. The Bertz CT molecular complexity index is 767. The van der Waals surface area contributed by atoms with Gasteiger partial charge in [0, 0.05) is 10.0 Å². The van der Waals surface area contributed by atoms with Gasteiger partial charge < -0.3 is 5.73 Å². The van der Waals surface area contributed by atoms with Crippen LogP contribution in [0.25, 0.3) is 16.9 Å². The van der Waals surface area contributed by atoms with Crippen molar-refractivity contribution < 1.29 is 4.39 Å². The van der Waals surface area contributed by atoms with E-state index in [4.69, 9.17) is 5.73 Å². The number of aromatic nitrogens is 2. The van der Waals surface area contributed by atoms with Gasteiger partial charge in [-0.05, 0) is 40.2 Å². The van der Waals surface area contributed by atoms with Gasteiger partial charge in [0.15, 0.2) is 0 Å². The molecule has 0 radical (unpaired) electrons. The molecule has 1 aromatic heterocycles. The standard InChI is InChI=1S/C15H11BrFN3/c16-12-6-1-2-7-14(12)20-9-13(18)15(19-20)10-4-3-5-11(17)8-10/h1-9H,18H2. The van der Waals surface area contributed by atoms with Crippen LogP contribution in [0.4, 0.5) is 10.1 Å². The van der Waals surface area contributed by atoms with Crippen molar-refractivity contribution in [3.63, 3.8) is 0 Å². The van der Waals surface area contributed by atoms with Gasteiger partial charge in [-0.3, -0.25) is 0 Å². The molecule has 0 saturated carbocycles. The van der Waals surface area contributed by atoms with Crippen molar-refractivity contribution in [3.8, 4) is 16.9 Å². The van der Waals surface area contributed by atoms with Crippen LogP contribution in [0.1, 0.15) is 0 Å². The SMILES string of the molecule is Nc1cn(-c2ccccc2Br)nc1-c1cccc(F)c1. The number of nitrogen functional groups attached to an aromatic ring is 1. The van der Waals surface area contributed by atoms with Gasteiger partial charge in [-0.15, -0.1) is 0 Å². The van der Waals surface area contributed by atoms with Crippen LogP contribution in [0.5, 0.6) is 0 Å². The Morgan fingerprint density at radius 2 is 1.90 bits per heavy atom. The van der Waals surface area contributed by atoms with Gasteiger partial charge in [0.2, 0.25) is 0 Å². The fourth-order valence-electron chi connectivity index (χ4n) is 2.01. The van der Waals surface area contributed by atoms with E-state index in [1.54, 1.807) is 23.0 Å². The van der Waals surface area contributed by atoms with Crippen LogP contribution >= 0.6 is 15.9 Å². The lowest BCUT2D eigenvalue weighted by molar-refractivity contribution is 0.628. The highest BCUT2D eigenvalue weighted by Crippen LogP contribution is 2.28. The molecule has 0 unspecified atom stereocenters. The zero-order valence-corrected chi connectivity index (χ0v) is 12.0. The summed E-state index contributed by atoms with van der Waals surface area (Å²) in [5, 5.41) is 4.45. The van der Waals surface area contributed by atoms with Gasteiger partial charge in [-0.2, -0.15) is 5.10 Å². The first-order valence-corrected chi connectivity index (χ1v) is 6.80. The Kier molecular flexibility index (Phi) is 3.28. The van der Waals surface area contributed by atoms with Crippen LogP contribution in [0.3, 0.4) is 0 Å². The molecule has 2 aromatic carbocycles. The van der Waals surface area contributed by atoms with Crippen molar-refractivity contribution in [1.29, 1.82) is 0 Å². The lowest BCUT2D eigenvalue weighted by atomic mass is 10.1. The molecule has 100 valence electrons. The Hall–Kier alpha value is -2.14. The molecular formula is C15H11BrFN3. The average Bonchev–Trinajstić information content (AvgIpc) is 2.81. The Labute approximate surface area is 124 Å². The van der Waals surface area contributed by atoms with Crippen molar-refractivity contribution in [2.24, 2.45) is 0 Å². The third-order valence-corrected chi connectivity index (χ3v) is 3.61. The second kappa shape index (κ2) is 5.09. The fraction of sp³-hybridized carbons (Fsp3) is 0. The van der Waals surface area contributed by atoms with Gasteiger partial charge in [0.25, 0.3) is 0 Å². The van der Waals surface area contributed by atoms with E-state index >= 15 is 0 Å². The highest BCUT2D eigenvalue weighted by atomic mass is 79.9. The van der Waals surface area contributed by atoms with Gasteiger partial charge in [0.1, 0.15) is 11.5 Å². The number of anilines is 1. The molecule has 0 spiro atoms. The fourth-order valence-corrected chi connectivity index (χ4v) is 2.47. The molecule has 3 nitrogen and oxygen atoms in total. The summed E-state index contributed by atoms with van der Waals surface area (Å²) in [6.45, 7) is 0. The van der Waals surface area contributed by atoms with Gasteiger partial charge in [0.05, 0.1) is 17.6 Å². The predicted octanol–water partition coefficient (Wildman–Crippen LogP) is 4.02. The van der Waals surface area contributed by atoms with Crippen LogP contribution in [0.2, 0.25) is 0 Å². The highest BCUT2D eigenvalue weighted by molar-refractivity contribution is 9.10. The normalized spacial score (nSPS) is 10.7. The second-order valence-corrected chi connectivity index (χ2v) is 5.19. The molecule has 0 atom stereocenters. The van der Waals surface area contributed by atoms with Crippen molar-refractivity contribution in [3.05, 3.63) is 65.0 Å². The predicted molar refractivity (Wildman–Crippen MR) is 81.1 cm³/mol. The third kappa shape index (κ3) is 2.32. The number of hydrogen-bond acceptors (Lipinski definition) is 2. The number of nitrogens with zero attached hydrogens (tertiary/aromatic N) is 2. The second-order valence-electron chi connectivity index (χ2n) is 4.34. The first-order valence-electron chi connectivity index (χ1n) is 6.01. The first-order chi connectivity index (χ1) is 9.65. The van der Waals surface area contributed by atoms with E-state index in [9.17, 15) is 4.39 Å². The topological polar surface area (TPSA) is 43.8 Å². The number of para-hydroxylation sites is 1. The molecule has 0 aliphatic heterocycles. The maximum atomic E-state index is 13.3. The Balaban J connectivity index is 2.10. The zero-order chi connectivity index (χ0) is 14.1. The number of hydrogen-bond donors (Lipinski definition) is 1. The van der Waals surface area contributed by atoms with E-state index in [1.807, 2.05) is 24.3 Å². The van der Waals surface area contributed by atoms with E-state index in [2.05, 4.69) is 21.0 Å². The molecule has 5 heteroatoms. The minimum Gasteiger partial charge on any atom is -0.396 e. The largest absolute Gasteiger partial charge is 0.396 e. The summed E-state index contributed by atoms with van der Waals surface area (Å²) in [5.74, 6) is -0.308. The molecule has 0 aliphatic carbocycles. The third-order valence-electron chi connectivity index (χ3n) is 2.94. The van der Waals surface area contributed by atoms with Crippen molar-refractivity contribution >= 4 is 21.6 Å². The summed E-state index contributed by atoms with van der Waals surface area (Å²) in [6, 6.07) is 13.9. The quantitative estimate of drug-likeness (QED) is 0.770. The number of halogens is 2. The number of benzene rings is 2. The maximum Gasteiger partial charge on any atom is 0.123 e. The molecule has 0 saturated heterocycles. The molecule has 2 N–H and O–H groups in total. The molecular weight excluding hydrogens is 321 g/mol. The molecule has 0 fully saturated rings. The van der Waals surface area contributed by atoms with Crippen LogP contribution in [-0.2, 0) is 0 Å². The molecule has 0 aliphatic rings.